The first kappa shape index (κ1) is 12.3. The average Bonchev–Trinajstić information content (AvgIpc) is 2.17. The summed E-state index contributed by atoms with van der Waals surface area (Å²) in [6, 6.07) is 8.90. The van der Waals surface area contributed by atoms with E-state index in [2.05, 4.69) is 64.2 Å². The van der Waals surface area contributed by atoms with E-state index in [0.29, 0.717) is 0 Å². The second-order valence-electron chi connectivity index (χ2n) is 5.70. The fourth-order valence-electron chi connectivity index (χ4n) is 1.53. The van der Waals surface area contributed by atoms with Gasteiger partial charge in [0.2, 0.25) is 0 Å². The standard InChI is InChI=1S/C14H23N/c1-13(2,3)11-7-9-12(10-8-11)14(4,5)15-6/h7-10,15H,1-6H3. The molecule has 0 heterocycles. The third kappa shape index (κ3) is 2.82. The van der Waals surface area contributed by atoms with Gasteiger partial charge in [-0.3, -0.25) is 0 Å². The lowest BCUT2D eigenvalue weighted by Crippen LogP contribution is -2.33. The second kappa shape index (κ2) is 3.97. The van der Waals surface area contributed by atoms with Gasteiger partial charge < -0.3 is 5.32 Å². The normalized spacial score (nSPS) is 12.9. The Morgan fingerprint density at radius 2 is 1.20 bits per heavy atom. The van der Waals surface area contributed by atoms with Crippen LogP contribution in [0.3, 0.4) is 0 Å². The zero-order chi connectivity index (χ0) is 11.7. The van der Waals surface area contributed by atoms with E-state index in [1.165, 1.54) is 11.1 Å². The quantitative estimate of drug-likeness (QED) is 0.780. The fraction of sp³-hybridized carbons (Fsp3) is 0.571. The predicted molar refractivity (Wildman–Crippen MR) is 67.2 cm³/mol. The van der Waals surface area contributed by atoms with Gasteiger partial charge in [0.05, 0.1) is 0 Å². The van der Waals surface area contributed by atoms with Crippen LogP contribution in [0.2, 0.25) is 0 Å². The number of hydrogen-bond donors (Lipinski definition) is 1. The first-order valence-electron chi connectivity index (χ1n) is 5.57. The molecule has 1 aromatic rings. The first-order valence-corrected chi connectivity index (χ1v) is 5.57. The molecule has 1 heteroatoms. The van der Waals surface area contributed by atoms with Crippen molar-refractivity contribution in [1.29, 1.82) is 0 Å². The van der Waals surface area contributed by atoms with Crippen molar-refractivity contribution in [2.45, 2.75) is 45.6 Å². The van der Waals surface area contributed by atoms with E-state index in [1.807, 2.05) is 7.05 Å². The van der Waals surface area contributed by atoms with E-state index in [0.717, 1.165) is 0 Å². The summed E-state index contributed by atoms with van der Waals surface area (Å²) in [4.78, 5) is 0. The Morgan fingerprint density at radius 3 is 1.53 bits per heavy atom. The molecule has 0 aromatic heterocycles. The molecule has 0 atom stereocenters. The molecule has 0 radical (unpaired) electrons. The molecule has 84 valence electrons. The highest BCUT2D eigenvalue weighted by Crippen LogP contribution is 2.25. The Balaban J connectivity index is 3.01. The van der Waals surface area contributed by atoms with E-state index >= 15 is 0 Å². The van der Waals surface area contributed by atoms with Crippen molar-refractivity contribution in [3.05, 3.63) is 35.4 Å². The third-order valence-corrected chi connectivity index (χ3v) is 3.10. The molecular formula is C14H23N. The van der Waals surface area contributed by atoms with Crippen LogP contribution in [0.1, 0.15) is 45.7 Å². The van der Waals surface area contributed by atoms with Gasteiger partial charge in [-0.1, -0.05) is 45.0 Å². The van der Waals surface area contributed by atoms with Gasteiger partial charge in [0, 0.05) is 5.54 Å². The lowest BCUT2D eigenvalue weighted by Gasteiger charge is -2.26. The molecule has 0 saturated carbocycles. The monoisotopic (exact) mass is 205 g/mol. The van der Waals surface area contributed by atoms with Crippen LogP contribution in [0.5, 0.6) is 0 Å². The Hall–Kier alpha value is -0.820. The smallest absolute Gasteiger partial charge is 0.0374 e. The summed E-state index contributed by atoms with van der Waals surface area (Å²) in [5, 5.41) is 3.32. The Morgan fingerprint density at radius 1 is 0.800 bits per heavy atom. The van der Waals surface area contributed by atoms with Crippen LogP contribution < -0.4 is 5.32 Å². The van der Waals surface area contributed by atoms with E-state index in [9.17, 15) is 0 Å². The van der Waals surface area contributed by atoms with Crippen molar-refractivity contribution < 1.29 is 0 Å². The maximum absolute atomic E-state index is 3.32. The number of hydrogen-bond acceptors (Lipinski definition) is 1. The molecule has 0 unspecified atom stereocenters. The SMILES string of the molecule is CNC(C)(C)c1ccc(C(C)(C)C)cc1. The van der Waals surface area contributed by atoms with Gasteiger partial charge in [-0.2, -0.15) is 0 Å². The van der Waals surface area contributed by atoms with Crippen LogP contribution in [-0.4, -0.2) is 7.05 Å². The topological polar surface area (TPSA) is 12.0 Å². The Labute approximate surface area is 93.9 Å². The number of rotatable bonds is 2. The van der Waals surface area contributed by atoms with Crippen molar-refractivity contribution >= 4 is 0 Å². The molecule has 0 aliphatic carbocycles. The van der Waals surface area contributed by atoms with E-state index in [1.54, 1.807) is 0 Å². The summed E-state index contributed by atoms with van der Waals surface area (Å²) < 4.78 is 0. The summed E-state index contributed by atoms with van der Waals surface area (Å²) in [5.74, 6) is 0. The summed E-state index contributed by atoms with van der Waals surface area (Å²) in [5.41, 5.74) is 3.01. The second-order valence-corrected chi connectivity index (χ2v) is 5.70. The fourth-order valence-corrected chi connectivity index (χ4v) is 1.53. The summed E-state index contributed by atoms with van der Waals surface area (Å²) in [6.45, 7) is 11.1. The molecule has 0 saturated heterocycles. The molecule has 0 aliphatic rings. The zero-order valence-electron chi connectivity index (χ0n) is 10.8. The molecule has 1 aromatic carbocycles. The van der Waals surface area contributed by atoms with E-state index < -0.39 is 0 Å². The van der Waals surface area contributed by atoms with Crippen molar-refractivity contribution in [2.24, 2.45) is 0 Å². The molecular weight excluding hydrogens is 182 g/mol. The molecule has 0 bridgehead atoms. The van der Waals surface area contributed by atoms with Gasteiger partial charge in [-0.15, -0.1) is 0 Å². The molecule has 15 heavy (non-hydrogen) atoms. The highest BCUT2D eigenvalue weighted by atomic mass is 14.9. The Kier molecular flexibility index (Phi) is 3.25. The minimum Gasteiger partial charge on any atom is -0.311 e. The molecule has 0 aliphatic heterocycles. The largest absolute Gasteiger partial charge is 0.311 e. The molecule has 1 N–H and O–H groups in total. The van der Waals surface area contributed by atoms with Crippen LogP contribution in [-0.2, 0) is 11.0 Å². The zero-order valence-corrected chi connectivity index (χ0v) is 10.8. The highest BCUT2D eigenvalue weighted by Gasteiger charge is 2.19. The van der Waals surface area contributed by atoms with Crippen molar-refractivity contribution in [2.75, 3.05) is 7.05 Å². The molecule has 1 rings (SSSR count). The third-order valence-electron chi connectivity index (χ3n) is 3.10. The van der Waals surface area contributed by atoms with Crippen molar-refractivity contribution in [3.63, 3.8) is 0 Å². The predicted octanol–water partition coefficient (Wildman–Crippen LogP) is 3.44. The van der Waals surface area contributed by atoms with Crippen LogP contribution in [0.4, 0.5) is 0 Å². The van der Waals surface area contributed by atoms with Gasteiger partial charge in [0.1, 0.15) is 0 Å². The summed E-state index contributed by atoms with van der Waals surface area (Å²) in [7, 11) is 2.00. The van der Waals surface area contributed by atoms with Gasteiger partial charge in [-0.05, 0) is 37.4 Å². The van der Waals surface area contributed by atoms with Crippen LogP contribution in [0, 0.1) is 0 Å². The molecule has 1 nitrogen and oxygen atoms in total. The average molecular weight is 205 g/mol. The van der Waals surface area contributed by atoms with E-state index in [-0.39, 0.29) is 11.0 Å². The Bertz CT molecular complexity index is 314. The van der Waals surface area contributed by atoms with Crippen molar-refractivity contribution in [3.8, 4) is 0 Å². The minimum atomic E-state index is 0.0520. The lowest BCUT2D eigenvalue weighted by molar-refractivity contribution is 0.444. The maximum atomic E-state index is 3.32. The van der Waals surface area contributed by atoms with Gasteiger partial charge in [-0.25, -0.2) is 0 Å². The number of benzene rings is 1. The van der Waals surface area contributed by atoms with Gasteiger partial charge in [0.25, 0.3) is 0 Å². The lowest BCUT2D eigenvalue weighted by atomic mass is 9.85. The van der Waals surface area contributed by atoms with Crippen LogP contribution in [0.15, 0.2) is 24.3 Å². The first-order chi connectivity index (χ1) is 6.77. The van der Waals surface area contributed by atoms with E-state index in [4.69, 9.17) is 0 Å². The molecule has 0 spiro atoms. The maximum Gasteiger partial charge on any atom is 0.0374 e. The highest BCUT2D eigenvalue weighted by molar-refractivity contribution is 5.30. The van der Waals surface area contributed by atoms with Gasteiger partial charge >= 0.3 is 0 Å². The number of nitrogens with one attached hydrogen (secondary N) is 1. The van der Waals surface area contributed by atoms with Crippen LogP contribution >= 0.6 is 0 Å². The van der Waals surface area contributed by atoms with Gasteiger partial charge in [0.15, 0.2) is 0 Å². The summed E-state index contributed by atoms with van der Waals surface area (Å²) in [6.07, 6.45) is 0. The van der Waals surface area contributed by atoms with Crippen LogP contribution in [0.25, 0.3) is 0 Å². The molecule has 0 amide bonds. The minimum absolute atomic E-state index is 0.0520. The summed E-state index contributed by atoms with van der Waals surface area (Å²) >= 11 is 0. The van der Waals surface area contributed by atoms with Crippen molar-refractivity contribution in [1.82, 2.24) is 5.32 Å². The molecule has 0 fully saturated rings.